The van der Waals surface area contributed by atoms with Crippen molar-refractivity contribution in [3.8, 4) is 0 Å². The van der Waals surface area contributed by atoms with Gasteiger partial charge in [-0.25, -0.2) is 4.98 Å². The first-order chi connectivity index (χ1) is 8.56. The van der Waals surface area contributed by atoms with Crippen LogP contribution < -0.4 is 11.1 Å². The SMILES string of the molecule is Cc1cnc(C(=O)Nc2ccc(Cl)cc2N)cn1. The number of hydrogen-bond donors (Lipinski definition) is 2. The lowest BCUT2D eigenvalue weighted by atomic mass is 10.2. The van der Waals surface area contributed by atoms with Gasteiger partial charge in [0.15, 0.2) is 0 Å². The van der Waals surface area contributed by atoms with E-state index in [-0.39, 0.29) is 11.6 Å². The number of rotatable bonds is 2. The normalized spacial score (nSPS) is 10.1. The topological polar surface area (TPSA) is 80.9 Å². The van der Waals surface area contributed by atoms with Crippen molar-refractivity contribution in [3.63, 3.8) is 0 Å². The number of nitrogen functional groups attached to an aromatic ring is 1. The summed E-state index contributed by atoms with van der Waals surface area (Å²) in [5.74, 6) is -0.364. The second kappa shape index (κ2) is 5.01. The van der Waals surface area contributed by atoms with Crippen molar-refractivity contribution in [1.29, 1.82) is 0 Å². The summed E-state index contributed by atoms with van der Waals surface area (Å²) in [4.78, 5) is 19.8. The molecule has 0 unspecified atom stereocenters. The molecule has 1 aromatic heterocycles. The van der Waals surface area contributed by atoms with Crippen molar-refractivity contribution in [2.75, 3.05) is 11.1 Å². The molecule has 2 aromatic rings. The van der Waals surface area contributed by atoms with E-state index in [0.29, 0.717) is 16.4 Å². The maximum absolute atomic E-state index is 11.9. The molecule has 0 aliphatic heterocycles. The molecule has 0 aliphatic rings. The molecule has 0 aliphatic carbocycles. The van der Waals surface area contributed by atoms with E-state index in [2.05, 4.69) is 15.3 Å². The quantitative estimate of drug-likeness (QED) is 0.814. The predicted octanol–water partition coefficient (Wildman–Crippen LogP) is 2.27. The third-order valence-corrected chi connectivity index (χ3v) is 2.51. The van der Waals surface area contributed by atoms with E-state index in [4.69, 9.17) is 17.3 Å². The average Bonchev–Trinajstić information content (AvgIpc) is 2.33. The van der Waals surface area contributed by atoms with E-state index in [1.165, 1.54) is 12.4 Å². The first-order valence-corrected chi connectivity index (χ1v) is 5.59. The summed E-state index contributed by atoms with van der Waals surface area (Å²) in [7, 11) is 0. The van der Waals surface area contributed by atoms with Gasteiger partial charge in [0.2, 0.25) is 0 Å². The highest BCUT2D eigenvalue weighted by Gasteiger charge is 2.09. The van der Waals surface area contributed by atoms with E-state index in [9.17, 15) is 4.79 Å². The molecule has 0 radical (unpaired) electrons. The largest absolute Gasteiger partial charge is 0.397 e. The van der Waals surface area contributed by atoms with Gasteiger partial charge < -0.3 is 11.1 Å². The van der Waals surface area contributed by atoms with Crippen LogP contribution in [0.1, 0.15) is 16.2 Å². The maximum atomic E-state index is 11.9. The number of hydrogen-bond acceptors (Lipinski definition) is 4. The van der Waals surface area contributed by atoms with Crippen LogP contribution in [0.2, 0.25) is 5.02 Å². The van der Waals surface area contributed by atoms with Gasteiger partial charge in [-0.2, -0.15) is 0 Å². The van der Waals surface area contributed by atoms with Crippen molar-refractivity contribution in [3.05, 3.63) is 47.0 Å². The molecule has 0 fully saturated rings. The summed E-state index contributed by atoms with van der Waals surface area (Å²) < 4.78 is 0. The Bertz CT molecular complexity index is 583. The van der Waals surface area contributed by atoms with Crippen LogP contribution >= 0.6 is 11.6 Å². The lowest BCUT2D eigenvalue weighted by molar-refractivity contribution is 0.102. The Morgan fingerprint density at radius 3 is 2.72 bits per heavy atom. The van der Waals surface area contributed by atoms with Crippen LogP contribution in [0.3, 0.4) is 0 Å². The van der Waals surface area contributed by atoms with Crippen molar-refractivity contribution in [1.82, 2.24) is 9.97 Å². The summed E-state index contributed by atoms with van der Waals surface area (Å²) in [6, 6.07) is 4.85. The van der Waals surface area contributed by atoms with Gasteiger partial charge in [0, 0.05) is 11.2 Å². The van der Waals surface area contributed by atoms with Gasteiger partial charge in [-0.1, -0.05) is 11.6 Å². The molecule has 2 rings (SSSR count). The highest BCUT2D eigenvalue weighted by molar-refractivity contribution is 6.31. The third kappa shape index (κ3) is 2.75. The minimum atomic E-state index is -0.364. The fraction of sp³-hybridized carbons (Fsp3) is 0.0833. The predicted molar refractivity (Wildman–Crippen MR) is 70.6 cm³/mol. The zero-order valence-electron chi connectivity index (χ0n) is 9.64. The standard InChI is InChI=1S/C12H11ClN4O/c1-7-5-16-11(6-15-7)12(18)17-10-3-2-8(13)4-9(10)14/h2-6H,14H2,1H3,(H,17,18). The van der Waals surface area contributed by atoms with Crippen LogP contribution in [0.5, 0.6) is 0 Å². The fourth-order valence-corrected chi connectivity index (χ4v) is 1.52. The van der Waals surface area contributed by atoms with Gasteiger partial charge in [0.25, 0.3) is 5.91 Å². The number of nitrogens with zero attached hydrogens (tertiary/aromatic N) is 2. The zero-order chi connectivity index (χ0) is 13.1. The molecule has 0 atom stereocenters. The molecule has 3 N–H and O–H groups in total. The number of carbonyl (C=O) groups excluding carboxylic acids is 1. The van der Waals surface area contributed by atoms with Crippen LogP contribution in [-0.4, -0.2) is 15.9 Å². The van der Waals surface area contributed by atoms with E-state index in [1.54, 1.807) is 25.1 Å². The fourth-order valence-electron chi connectivity index (χ4n) is 1.34. The highest BCUT2D eigenvalue weighted by Crippen LogP contribution is 2.22. The highest BCUT2D eigenvalue weighted by atomic mass is 35.5. The molecule has 18 heavy (non-hydrogen) atoms. The Balaban J connectivity index is 2.18. The number of halogens is 1. The number of aryl methyl sites for hydroxylation is 1. The summed E-state index contributed by atoms with van der Waals surface area (Å²) in [6.45, 7) is 1.80. The van der Waals surface area contributed by atoms with Crippen LogP contribution in [0.15, 0.2) is 30.6 Å². The lowest BCUT2D eigenvalue weighted by Crippen LogP contribution is -2.15. The molecule has 5 nitrogen and oxygen atoms in total. The Kier molecular flexibility index (Phi) is 3.43. The molecule has 0 saturated carbocycles. The number of aromatic nitrogens is 2. The summed E-state index contributed by atoms with van der Waals surface area (Å²) in [5.41, 5.74) is 7.61. The van der Waals surface area contributed by atoms with Crippen LogP contribution in [0.4, 0.5) is 11.4 Å². The average molecular weight is 263 g/mol. The van der Waals surface area contributed by atoms with Gasteiger partial charge in [0.1, 0.15) is 5.69 Å². The third-order valence-electron chi connectivity index (χ3n) is 2.28. The monoisotopic (exact) mass is 262 g/mol. The molecular weight excluding hydrogens is 252 g/mol. The van der Waals surface area contributed by atoms with Gasteiger partial charge in [-0.15, -0.1) is 0 Å². The molecular formula is C12H11ClN4O. The van der Waals surface area contributed by atoms with Crippen molar-refractivity contribution < 1.29 is 4.79 Å². The number of anilines is 2. The number of amides is 1. The second-order valence-electron chi connectivity index (χ2n) is 3.73. The number of nitrogens with one attached hydrogen (secondary N) is 1. The smallest absolute Gasteiger partial charge is 0.275 e. The van der Waals surface area contributed by atoms with Crippen molar-refractivity contribution in [2.24, 2.45) is 0 Å². The molecule has 0 saturated heterocycles. The minimum absolute atomic E-state index is 0.231. The molecule has 1 amide bonds. The van der Waals surface area contributed by atoms with Crippen molar-refractivity contribution >= 4 is 28.9 Å². The number of carbonyl (C=O) groups is 1. The first kappa shape index (κ1) is 12.3. The Morgan fingerprint density at radius 2 is 2.11 bits per heavy atom. The van der Waals surface area contributed by atoms with E-state index < -0.39 is 0 Å². The molecule has 6 heteroatoms. The number of benzene rings is 1. The Hall–Kier alpha value is -2.14. The number of nitrogens with two attached hydrogens (primary N) is 1. The molecule has 0 bridgehead atoms. The molecule has 1 heterocycles. The minimum Gasteiger partial charge on any atom is -0.397 e. The van der Waals surface area contributed by atoms with E-state index >= 15 is 0 Å². The second-order valence-corrected chi connectivity index (χ2v) is 4.17. The van der Waals surface area contributed by atoms with Crippen LogP contribution in [0.25, 0.3) is 0 Å². The summed E-state index contributed by atoms with van der Waals surface area (Å²) in [6.07, 6.45) is 2.94. The Morgan fingerprint density at radius 1 is 1.33 bits per heavy atom. The Labute approximate surface area is 109 Å². The van der Waals surface area contributed by atoms with Crippen molar-refractivity contribution in [2.45, 2.75) is 6.92 Å². The maximum Gasteiger partial charge on any atom is 0.275 e. The molecule has 0 spiro atoms. The van der Waals surface area contributed by atoms with E-state index in [1.807, 2.05) is 0 Å². The lowest BCUT2D eigenvalue weighted by Gasteiger charge is -2.07. The van der Waals surface area contributed by atoms with Crippen LogP contribution in [-0.2, 0) is 0 Å². The van der Waals surface area contributed by atoms with Crippen LogP contribution in [0, 0.1) is 6.92 Å². The van der Waals surface area contributed by atoms with Gasteiger partial charge in [0.05, 0.1) is 23.3 Å². The van der Waals surface area contributed by atoms with Gasteiger partial charge >= 0.3 is 0 Å². The molecule has 1 aromatic carbocycles. The van der Waals surface area contributed by atoms with E-state index in [0.717, 1.165) is 5.69 Å². The first-order valence-electron chi connectivity index (χ1n) is 5.21. The van der Waals surface area contributed by atoms with Gasteiger partial charge in [-0.05, 0) is 25.1 Å². The van der Waals surface area contributed by atoms with Gasteiger partial charge in [-0.3, -0.25) is 9.78 Å². The molecule has 92 valence electrons. The summed E-state index contributed by atoms with van der Waals surface area (Å²) in [5, 5.41) is 3.16. The zero-order valence-corrected chi connectivity index (χ0v) is 10.4. The summed E-state index contributed by atoms with van der Waals surface area (Å²) >= 11 is 5.77.